The normalized spacial score (nSPS) is 17.0. The molecule has 0 aromatic heterocycles. The number of hydrogen-bond acceptors (Lipinski definition) is 2. The summed E-state index contributed by atoms with van der Waals surface area (Å²) in [6.07, 6.45) is 7.74. The maximum atomic E-state index is 12.2. The lowest BCUT2D eigenvalue weighted by Crippen LogP contribution is -2.35. The topological polar surface area (TPSA) is 20.3 Å². The Balaban J connectivity index is 1.67. The number of carbonyl (C=O) groups is 1. The zero-order valence-corrected chi connectivity index (χ0v) is 13.4. The first-order valence-electron chi connectivity index (χ1n) is 8.58. The predicted octanol–water partition coefficient (Wildman–Crippen LogP) is 4.44. The summed E-state index contributed by atoms with van der Waals surface area (Å²) in [5.41, 5.74) is 1.38. The molecule has 1 fully saturated rings. The number of likely N-dealkylation sites (tertiary alicyclic amines) is 1. The molecule has 0 spiro atoms. The number of Topliss-reactive ketones (excluding diaryl/α,β-unsaturated/α-hetero) is 1. The summed E-state index contributed by atoms with van der Waals surface area (Å²) < 4.78 is 0. The van der Waals surface area contributed by atoms with Crippen LogP contribution in [0.5, 0.6) is 0 Å². The Hall–Kier alpha value is -1.15. The number of carbonyl (C=O) groups excluding carboxylic acids is 1. The second kappa shape index (κ2) is 8.99. The largest absolute Gasteiger partial charge is 0.299 e. The van der Waals surface area contributed by atoms with E-state index in [1.165, 1.54) is 24.8 Å². The van der Waals surface area contributed by atoms with Gasteiger partial charge in [0.05, 0.1) is 0 Å². The zero-order chi connectivity index (χ0) is 14.9. The van der Waals surface area contributed by atoms with E-state index in [1.807, 2.05) is 0 Å². The van der Waals surface area contributed by atoms with Crippen molar-refractivity contribution in [3.05, 3.63) is 35.9 Å². The Morgan fingerprint density at radius 3 is 2.48 bits per heavy atom. The van der Waals surface area contributed by atoms with E-state index < -0.39 is 0 Å². The van der Waals surface area contributed by atoms with E-state index in [2.05, 4.69) is 42.2 Å². The number of piperidine rings is 1. The molecule has 1 aromatic rings. The Labute approximate surface area is 129 Å². The van der Waals surface area contributed by atoms with E-state index in [0.717, 1.165) is 45.3 Å². The van der Waals surface area contributed by atoms with Gasteiger partial charge in [0.1, 0.15) is 5.78 Å². The minimum atomic E-state index is 0.332. The Kier molecular flexibility index (Phi) is 6.94. The van der Waals surface area contributed by atoms with Crippen LogP contribution in [0.1, 0.15) is 57.4 Å². The van der Waals surface area contributed by atoms with Crippen molar-refractivity contribution in [1.82, 2.24) is 4.90 Å². The molecule has 0 saturated carbocycles. The van der Waals surface area contributed by atoms with Gasteiger partial charge in [-0.25, -0.2) is 0 Å². The molecular weight excluding hydrogens is 258 g/mol. The third kappa shape index (κ3) is 5.62. The molecule has 21 heavy (non-hydrogen) atoms. The number of hydrogen-bond donors (Lipinski definition) is 0. The SMILES string of the molecule is CCCCCCC(=O)C1CCN(Cc2ccccc2)CC1. The minimum absolute atomic E-state index is 0.332. The molecule has 0 atom stereocenters. The number of benzene rings is 1. The van der Waals surface area contributed by atoms with Crippen molar-refractivity contribution in [2.24, 2.45) is 5.92 Å². The fourth-order valence-corrected chi connectivity index (χ4v) is 3.18. The van der Waals surface area contributed by atoms with E-state index in [-0.39, 0.29) is 0 Å². The molecule has 1 aromatic carbocycles. The molecule has 0 bridgehead atoms. The molecule has 1 aliphatic rings. The molecule has 0 amide bonds. The highest BCUT2D eigenvalue weighted by atomic mass is 16.1. The first kappa shape index (κ1) is 16.2. The minimum Gasteiger partial charge on any atom is -0.299 e. The lowest BCUT2D eigenvalue weighted by molar-refractivity contribution is -0.124. The van der Waals surface area contributed by atoms with Gasteiger partial charge in [0.25, 0.3) is 0 Å². The fourth-order valence-electron chi connectivity index (χ4n) is 3.18. The Bertz CT molecular complexity index is 407. The van der Waals surface area contributed by atoms with Crippen LogP contribution in [0, 0.1) is 5.92 Å². The number of unbranched alkanes of at least 4 members (excludes halogenated alkanes) is 3. The molecule has 116 valence electrons. The van der Waals surface area contributed by atoms with Crippen LogP contribution in [0.25, 0.3) is 0 Å². The highest BCUT2D eigenvalue weighted by Gasteiger charge is 2.24. The van der Waals surface area contributed by atoms with Crippen molar-refractivity contribution < 1.29 is 4.79 Å². The second-order valence-electron chi connectivity index (χ2n) is 6.31. The van der Waals surface area contributed by atoms with Gasteiger partial charge in [-0.2, -0.15) is 0 Å². The monoisotopic (exact) mass is 287 g/mol. The zero-order valence-electron chi connectivity index (χ0n) is 13.4. The van der Waals surface area contributed by atoms with Gasteiger partial charge in [0, 0.05) is 18.9 Å². The molecular formula is C19H29NO. The summed E-state index contributed by atoms with van der Waals surface area (Å²) in [6.45, 7) is 5.38. The van der Waals surface area contributed by atoms with Crippen LogP contribution in [-0.2, 0) is 11.3 Å². The molecule has 1 heterocycles. The van der Waals surface area contributed by atoms with Gasteiger partial charge in [-0.15, -0.1) is 0 Å². The summed E-state index contributed by atoms with van der Waals surface area (Å²) in [7, 11) is 0. The Morgan fingerprint density at radius 1 is 1.10 bits per heavy atom. The van der Waals surface area contributed by atoms with Crippen LogP contribution < -0.4 is 0 Å². The molecule has 0 N–H and O–H groups in total. The maximum Gasteiger partial charge on any atom is 0.136 e. The second-order valence-corrected chi connectivity index (χ2v) is 6.31. The van der Waals surface area contributed by atoms with Crippen molar-refractivity contribution in [1.29, 1.82) is 0 Å². The van der Waals surface area contributed by atoms with Gasteiger partial charge in [0.15, 0.2) is 0 Å². The smallest absolute Gasteiger partial charge is 0.136 e. The van der Waals surface area contributed by atoms with Crippen LogP contribution in [0.15, 0.2) is 30.3 Å². The molecule has 1 aliphatic heterocycles. The molecule has 2 heteroatoms. The van der Waals surface area contributed by atoms with Gasteiger partial charge < -0.3 is 0 Å². The summed E-state index contributed by atoms with van der Waals surface area (Å²) in [6, 6.07) is 10.6. The quantitative estimate of drug-likeness (QED) is 0.659. The van der Waals surface area contributed by atoms with Gasteiger partial charge in [-0.05, 0) is 37.9 Å². The van der Waals surface area contributed by atoms with Gasteiger partial charge in [0.2, 0.25) is 0 Å². The fraction of sp³-hybridized carbons (Fsp3) is 0.632. The van der Waals surface area contributed by atoms with Crippen LogP contribution in [-0.4, -0.2) is 23.8 Å². The lowest BCUT2D eigenvalue weighted by Gasteiger charge is -2.31. The van der Waals surface area contributed by atoms with Gasteiger partial charge in [-0.3, -0.25) is 9.69 Å². The highest BCUT2D eigenvalue weighted by Crippen LogP contribution is 2.22. The average molecular weight is 287 g/mol. The van der Waals surface area contributed by atoms with Crippen molar-refractivity contribution in [3.8, 4) is 0 Å². The molecule has 0 radical (unpaired) electrons. The van der Waals surface area contributed by atoms with Gasteiger partial charge in [-0.1, -0.05) is 56.5 Å². The van der Waals surface area contributed by atoms with Crippen molar-refractivity contribution in [2.45, 2.75) is 58.4 Å². The molecule has 2 nitrogen and oxygen atoms in total. The van der Waals surface area contributed by atoms with E-state index in [0.29, 0.717) is 11.7 Å². The summed E-state index contributed by atoms with van der Waals surface area (Å²) >= 11 is 0. The number of rotatable bonds is 8. The molecule has 0 unspecified atom stereocenters. The van der Waals surface area contributed by atoms with Crippen molar-refractivity contribution in [2.75, 3.05) is 13.1 Å². The van der Waals surface area contributed by atoms with Crippen molar-refractivity contribution in [3.63, 3.8) is 0 Å². The Morgan fingerprint density at radius 2 is 1.81 bits per heavy atom. The highest BCUT2D eigenvalue weighted by molar-refractivity contribution is 5.81. The first-order chi connectivity index (χ1) is 10.3. The average Bonchev–Trinajstić information content (AvgIpc) is 2.53. The van der Waals surface area contributed by atoms with E-state index >= 15 is 0 Å². The molecule has 1 saturated heterocycles. The molecule has 0 aliphatic carbocycles. The van der Waals surface area contributed by atoms with Crippen LogP contribution in [0.4, 0.5) is 0 Å². The van der Waals surface area contributed by atoms with E-state index in [9.17, 15) is 4.79 Å². The van der Waals surface area contributed by atoms with Crippen LogP contribution in [0.2, 0.25) is 0 Å². The van der Waals surface area contributed by atoms with E-state index in [4.69, 9.17) is 0 Å². The predicted molar refractivity (Wildman–Crippen MR) is 88.2 cm³/mol. The summed E-state index contributed by atoms with van der Waals surface area (Å²) in [4.78, 5) is 14.7. The van der Waals surface area contributed by atoms with Crippen LogP contribution >= 0.6 is 0 Å². The standard InChI is InChI=1S/C19H29NO/c1-2-3-4-8-11-19(21)18-12-14-20(15-13-18)16-17-9-6-5-7-10-17/h5-7,9-10,18H,2-4,8,11-16H2,1H3. The van der Waals surface area contributed by atoms with E-state index in [1.54, 1.807) is 0 Å². The van der Waals surface area contributed by atoms with Crippen molar-refractivity contribution >= 4 is 5.78 Å². The maximum absolute atomic E-state index is 12.2. The number of ketones is 1. The van der Waals surface area contributed by atoms with Crippen LogP contribution in [0.3, 0.4) is 0 Å². The lowest BCUT2D eigenvalue weighted by atomic mass is 9.89. The van der Waals surface area contributed by atoms with Gasteiger partial charge >= 0.3 is 0 Å². The first-order valence-corrected chi connectivity index (χ1v) is 8.58. The summed E-state index contributed by atoms with van der Waals surface area (Å²) in [5, 5.41) is 0. The summed E-state index contributed by atoms with van der Waals surface area (Å²) in [5.74, 6) is 0.851. The molecule has 2 rings (SSSR count). The third-order valence-corrected chi connectivity index (χ3v) is 4.57. The number of nitrogens with zero attached hydrogens (tertiary/aromatic N) is 1. The third-order valence-electron chi connectivity index (χ3n) is 4.57.